The molecule has 0 aliphatic heterocycles. The van der Waals surface area contributed by atoms with E-state index >= 15 is 0 Å². The van der Waals surface area contributed by atoms with E-state index in [2.05, 4.69) is 34.5 Å². The first-order valence-corrected chi connectivity index (χ1v) is 8.69. The molecule has 128 valence electrons. The quantitative estimate of drug-likeness (QED) is 0.824. The van der Waals surface area contributed by atoms with Gasteiger partial charge in [0.25, 0.3) is 5.56 Å². The summed E-state index contributed by atoms with van der Waals surface area (Å²) in [5, 5.41) is 5.43. The van der Waals surface area contributed by atoms with Gasteiger partial charge in [-0.05, 0) is 55.6 Å². The summed E-state index contributed by atoms with van der Waals surface area (Å²) < 4.78 is 5.05. The summed E-state index contributed by atoms with van der Waals surface area (Å²) in [6.07, 6.45) is 4.95. The van der Waals surface area contributed by atoms with E-state index < -0.39 is 0 Å². The smallest absolute Gasteiger partial charge is 0.306 e. The van der Waals surface area contributed by atoms with Gasteiger partial charge >= 0.3 is 5.97 Å². The van der Waals surface area contributed by atoms with Gasteiger partial charge in [-0.1, -0.05) is 24.3 Å². The minimum absolute atomic E-state index is 0.0641. The standard InChI is InChI=1S/C19H24N2O3/c1-2-24-19(23)11-13-3-5-14(6-4-13)15-7-9-16(10-8-15)17-12-18(22)21-20-17/h7-10,12-14H,2-6,11H2,1H3,(H2,20,21,22). The van der Waals surface area contributed by atoms with Crippen molar-refractivity contribution in [1.29, 1.82) is 0 Å². The number of rotatable bonds is 5. The third-order valence-corrected chi connectivity index (χ3v) is 4.90. The molecule has 3 rings (SSSR count). The second-order valence-electron chi connectivity index (χ2n) is 6.52. The van der Waals surface area contributed by atoms with Crippen LogP contribution >= 0.6 is 0 Å². The number of nitrogens with one attached hydrogen (secondary N) is 2. The van der Waals surface area contributed by atoms with E-state index in [1.165, 1.54) is 5.56 Å². The van der Waals surface area contributed by atoms with E-state index in [0.29, 0.717) is 24.9 Å². The van der Waals surface area contributed by atoms with Gasteiger partial charge in [-0.15, -0.1) is 0 Å². The van der Waals surface area contributed by atoms with E-state index in [4.69, 9.17) is 4.74 Å². The van der Waals surface area contributed by atoms with Gasteiger partial charge in [0.15, 0.2) is 0 Å². The van der Waals surface area contributed by atoms with Gasteiger partial charge < -0.3 is 4.74 Å². The predicted octanol–water partition coefficient (Wildman–Crippen LogP) is 3.60. The van der Waals surface area contributed by atoms with Crippen LogP contribution in [0.4, 0.5) is 0 Å². The summed E-state index contributed by atoms with van der Waals surface area (Å²) in [4.78, 5) is 22.8. The van der Waals surface area contributed by atoms with Crippen LogP contribution < -0.4 is 5.56 Å². The maximum atomic E-state index is 11.6. The fourth-order valence-corrected chi connectivity index (χ4v) is 3.58. The number of carbonyl (C=O) groups is 1. The number of ether oxygens (including phenoxy) is 1. The lowest BCUT2D eigenvalue weighted by atomic mass is 9.77. The van der Waals surface area contributed by atoms with E-state index in [9.17, 15) is 9.59 Å². The van der Waals surface area contributed by atoms with Gasteiger partial charge in [0.05, 0.1) is 12.3 Å². The summed E-state index contributed by atoms with van der Waals surface area (Å²) in [6, 6.07) is 9.97. The number of aromatic nitrogens is 2. The van der Waals surface area contributed by atoms with E-state index in [-0.39, 0.29) is 11.5 Å². The van der Waals surface area contributed by atoms with Crippen LogP contribution in [0.5, 0.6) is 0 Å². The van der Waals surface area contributed by atoms with Gasteiger partial charge in [0.2, 0.25) is 0 Å². The summed E-state index contributed by atoms with van der Waals surface area (Å²) in [6.45, 7) is 2.31. The zero-order valence-corrected chi connectivity index (χ0v) is 14.0. The zero-order valence-electron chi connectivity index (χ0n) is 14.0. The average molecular weight is 328 g/mol. The van der Waals surface area contributed by atoms with E-state index in [0.717, 1.165) is 36.9 Å². The van der Waals surface area contributed by atoms with Crippen LogP contribution in [0.2, 0.25) is 0 Å². The van der Waals surface area contributed by atoms with Gasteiger partial charge in [-0.25, -0.2) is 0 Å². The molecular formula is C19H24N2O3. The maximum absolute atomic E-state index is 11.6. The summed E-state index contributed by atoms with van der Waals surface area (Å²) in [5.74, 6) is 0.957. The van der Waals surface area contributed by atoms with Crippen LogP contribution in [0.3, 0.4) is 0 Å². The molecule has 0 amide bonds. The Morgan fingerprint density at radius 2 is 1.83 bits per heavy atom. The lowest BCUT2D eigenvalue weighted by molar-refractivity contribution is -0.144. The zero-order chi connectivity index (χ0) is 16.9. The fourth-order valence-electron chi connectivity index (χ4n) is 3.58. The molecule has 1 aliphatic carbocycles. The second-order valence-corrected chi connectivity index (χ2v) is 6.52. The van der Waals surface area contributed by atoms with Crippen molar-refractivity contribution in [1.82, 2.24) is 10.2 Å². The highest BCUT2D eigenvalue weighted by atomic mass is 16.5. The normalized spacial score (nSPS) is 20.7. The van der Waals surface area contributed by atoms with Crippen molar-refractivity contribution in [3.8, 4) is 11.3 Å². The number of esters is 1. The van der Waals surface area contributed by atoms with Crippen molar-refractivity contribution in [2.24, 2.45) is 5.92 Å². The van der Waals surface area contributed by atoms with Gasteiger partial charge in [-0.3, -0.25) is 19.8 Å². The Labute approximate surface area is 141 Å². The van der Waals surface area contributed by atoms with Gasteiger partial charge in [-0.2, -0.15) is 0 Å². The van der Waals surface area contributed by atoms with Crippen molar-refractivity contribution >= 4 is 5.97 Å². The molecule has 0 radical (unpaired) electrons. The molecule has 2 aromatic rings. The molecule has 1 aromatic heterocycles. The first kappa shape index (κ1) is 16.6. The highest BCUT2D eigenvalue weighted by Gasteiger charge is 2.24. The predicted molar refractivity (Wildman–Crippen MR) is 92.8 cm³/mol. The first-order valence-electron chi connectivity index (χ1n) is 8.69. The molecule has 0 bridgehead atoms. The Morgan fingerprint density at radius 3 is 2.42 bits per heavy atom. The molecule has 24 heavy (non-hydrogen) atoms. The topological polar surface area (TPSA) is 75.0 Å². The molecular weight excluding hydrogens is 304 g/mol. The SMILES string of the molecule is CCOC(=O)CC1CCC(c2ccc(-c3cc(=O)[nH][nH]3)cc2)CC1. The van der Waals surface area contributed by atoms with E-state index in [1.54, 1.807) is 6.07 Å². The summed E-state index contributed by atoms with van der Waals surface area (Å²) >= 11 is 0. The van der Waals surface area contributed by atoms with Crippen molar-refractivity contribution in [3.63, 3.8) is 0 Å². The van der Waals surface area contributed by atoms with Crippen LogP contribution in [0.1, 0.15) is 50.5 Å². The molecule has 0 atom stereocenters. The Kier molecular flexibility index (Phi) is 5.18. The number of hydrogen-bond acceptors (Lipinski definition) is 3. The average Bonchev–Trinajstić information content (AvgIpc) is 3.02. The van der Waals surface area contributed by atoms with E-state index in [1.807, 2.05) is 6.92 Å². The molecule has 1 heterocycles. The molecule has 1 saturated carbocycles. The van der Waals surface area contributed by atoms with Crippen molar-refractivity contribution in [2.75, 3.05) is 6.61 Å². The molecule has 0 spiro atoms. The Balaban J connectivity index is 1.56. The minimum Gasteiger partial charge on any atom is -0.466 e. The molecule has 5 heteroatoms. The molecule has 5 nitrogen and oxygen atoms in total. The third-order valence-electron chi connectivity index (χ3n) is 4.90. The monoisotopic (exact) mass is 328 g/mol. The molecule has 1 aromatic carbocycles. The number of H-pyrrole nitrogens is 2. The highest BCUT2D eigenvalue weighted by Crippen LogP contribution is 2.37. The first-order chi connectivity index (χ1) is 11.7. The van der Waals surface area contributed by atoms with Gasteiger partial charge in [0.1, 0.15) is 0 Å². The number of carbonyl (C=O) groups excluding carboxylic acids is 1. The Bertz CT molecular complexity index is 722. The largest absolute Gasteiger partial charge is 0.466 e. The number of aromatic amines is 2. The summed E-state index contributed by atoms with van der Waals surface area (Å²) in [5.41, 5.74) is 3.04. The van der Waals surface area contributed by atoms with Crippen LogP contribution in [0, 0.1) is 5.92 Å². The van der Waals surface area contributed by atoms with Crippen LogP contribution in [0.25, 0.3) is 11.3 Å². The van der Waals surface area contributed by atoms with Crippen LogP contribution in [-0.4, -0.2) is 22.8 Å². The number of hydrogen-bond donors (Lipinski definition) is 2. The minimum atomic E-state index is -0.117. The van der Waals surface area contributed by atoms with Crippen LogP contribution in [-0.2, 0) is 9.53 Å². The second kappa shape index (κ2) is 7.51. The Morgan fingerprint density at radius 1 is 1.12 bits per heavy atom. The molecule has 2 N–H and O–H groups in total. The molecule has 1 fully saturated rings. The molecule has 1 aliphatic rings. The fraction of sp³-hybridized carbons (Fsp3) is 0.474. The van der Waals surface area contributed by atoms with Crippen LogP contribution in [0.15, 0.2) is 35.1 Å². The third kappa shape index (κ3) is 3.96. The van der Waals surface area contributed by atoms with Crippen molar-refractivity contribution in [3.05, 3.63) is 46.2 Å². The van der Waals surface area contributed by atoms with Crippen molar-refractivity contribution in [2.45, 2.75) is 44.9 Å². The summed E-state index contributed by atoms with van der Waals surface area (Å²) in [7, 11) is 0. The highest BCUT2D eigenvalue weighted by molar-refractivity contribution is 5.69. The number of benzene rings is 1. The molecule has 0 unspecified atom stereocenters. The maximum Gasteiger partial charge on any atom is 0.306 e. The van der Waals surface area contributed by atoms with Gasteiger partial charge in [0, 0.05) is 12.5 Å². The Hall–Kier alpha value is -2.30. The van der Waals surface area contributed by atoms with Crippen molar-refractivity contribution < 1.29 is 9.53 Å². The molecule has 0 saturated heterocycles. The lowest BCUT2D eigenvalue weighted by Gasteiger charge is -2.28. The lowest BCUT2D eigenvalue weighted by Crippen LogP contribution is -2.17.